The van der Waals surface area contributed by atoms with Crippen molar-refractivity contribution in [3.8, 4) is 0 Å². The molecule has 0 bridgehead atoms. The van der Waals surface area contributed by atoms with Crippen LogP contribution in [-0.4, -0.2) is 26.5 Å². The normalized spacial score (nSPS) is 13.5. The summed E-state index contributed by atoms with van der Waals surface area (Å²) < 4.78 is 23.1. The van der Waals surface area contributed by atoms with Crippen molar-refractivity contribution in [1.29, 1.82) is 0 Å². The number of nitrogens with one attached hydrogen (secondary N) is 1. The highest BCUT2D eigenvalue weighted by atomic mass is 32.2. The highest BCUT2D eigenvalue weighted by molar-refractivity contribution is 7.91. The van der Waals surface area contributed by atoms with Crippen molar-refractivity contribution in [2.45, 2.75) is 33.2 Å². The summed E-state index contributed by atoms with van der Waals surface area (Å²) in [6.45, 7) is 6.51. The maximum Gasteiger partial charge on any atom is 0.151 e. The van der Waals surface area contributed by atoms with Crippen molar-refractivity contribution in [2.75, 3.05) is 18.1 Å². The molecule has 102 valence electrons. The van der Waals surface area contributed by atoms with Crippen LogP contribution < -0.4 is 5.32 Å². The molecule has 0 saturated heterocycles. The zero-order valence-electron chi connectivity index (χ0n) is 11.4. The number of hydrogen-bond donors (Lipinski definition) is 1. The highest BCUT2D eigenvalue weighted by Crippen LogP contribution is 2.13. The van der Waals surface area contributed by atoms with Crippen LogP contribution in [0.5, 0.6) is 0 Å². The van der Waals surface area contributed by atoms with E-state index in [-0.39, 0.29) is 17.5 Å². The smallest absolute Gasteiger partial charge is 0.151 e. The molecule has 0 amide bonds. The molecule has 0 saturated carbocycles. The fourth-order valence-electron chi connectivity index (χ4n) is 1.90. The third-order valence-corrected chi connectivity index (χ3v) is 4.78. The minimum Gasteiger partial charge on any atom is -0.309 e. The van der Waals surface area contributed by atoms with E-state index in [4.69, 9.17) is 0 Å². The Morgan fingerprint density at radius 1 is 1.28 bits per heavy atom. The van der Waals surface area contributed by atoms with E-state index in [1.165, 1.54) is 11.1 Å². The fraction of sp³-hybridized carbons (Fsp3) is 0.571. The Balaban J connectivity index is 2.45. The van der Waals surface area contributed by atoms with Crippen molar-refractivity contribution < 1.29 is 8.42 Å². The molecule has 0 aromatic heterocycles. The van der Waals surface area contributed by atoms with Crippen molar-refractivity contribution in [3.05, 3.63) is 35.4 Å². The lowest BCUT2D eigenvalue weighted by Gasteiger charge is -2.14. The van der Waals surface area contributed by atoms with Crippen LogP contribution in [-0.2, 0) is 9.84 Å². The lowest BCUT2D eigenvalue weighted by molar-refractivity contribution is 0.571. The molecular formula is C14H23NO2S. The summed E-state index contributed by atoms with van der Waals surface area (Å²) in [6.07, 6.45) is 0.690. The SMILES string of the molecule is CCCS(=O)(=O)CCN[C@@H](C)c1cccc(C)c1. The maximum atomic E-state index is 11.6. The van der Waals surface area contributed by atoms with Gasteiger partial charge in [-0.15, -0.1) is 0 Å². The molecule has 1 aromatic rings. The number of benzene rings is 1. The maximum absolute atomic E-state index is 11.6. The van der Waals surface area contributed by atoms with E-state index < -0.39 is 9.84 Å². The lowest BCUT2D eigenvalue weighted by Crippen LogP contribution is -2.26. The van der Waals surface area contributed by atoms with Crippen LogP contribution in [0.25, 0.3) is 0 Å². The summed E-state index contributed by atoms with van der Waals surface area (Å²) in [5.41, 5.74) is 2.42. The molecule has 1 atom stereocenters. The third kappa shape index (κ3) is 5.19. The molecular weight excluding hydrogens is 246 g/mol. The van der Waals surface area contributed by atoms with E-state index in [0.29, 0.717) is 13.0 Å². The van der Waals surface area contributed by atoms with Gasteiger partial charge in [-0.25, -0.2) is 8.42 Å². The molecule has 0 aliphatic rings. The van der Waals surface area contributed by atoms with Gasteiger partial charge in [0.25, 0.3) is 0 Å². The Morgan fingerprint density at radius 3 is 2.61 bits per heavy atom. The Morgan fingerprint density at radius 2 is 2.00 bits per heavy atom. The number of rotatable bonds is 7. The molecule has 0 heterocycles. The summed E-state index contributed by atoms with van der Waals surface area (Å²) in [6, 6.07) is 8.45. The Bertz CT molecular complexity index is 468. The second kappa shape index (κ2) is 6.90. The average molecular weight is 269 g/mol. The van der Waals surface area contributed by atoms with Gasteiger partial charge < -0.3 is 5.32 Å². The van der Waals surface area contributed by atoms with Crippen molar-refractivity contribution >= 4 is 9.84 Å². The van der Waals surface area contributed by atoms with Gasteiger partial charge in [-0.3, -0.25) is 0 Å². The van der Waals surface area contributed by atoms with Gasteiger partial charge in [0.05, 0.1) is 5.75 Å². The van der Waals surface area contributed by atoms with E-state index in [2.05, 4.69) is 37.4 Å². The molecule has 1 rings (SSSR count). The van der Waals surface area contributed by atoms with Gasteiger partial charge in [-0.1, -0.05) is 36.8 Å². The van der Waals surface area contributed by atoms with E-state index in [1.54, 1.807) is 0 Å². The molecule has 0 fully saturated rings. The topological polar surface area (TPSA) is 46.2 Å². The monoisotopic (exact) mass is 269 g/mol. The van der Waals surface area contributed by atoms with E-state index in [9.17, 15) is 8.42 Å². The van der Waals surface area contributed by atoms with Crippen LogP contribution in [0.3, 0.4) is 0 Å². The zero-order valence-corrected chi connectivity index (χ0v) is 12.3. The molecule has 0 aliphatic carbocycles. The predicted molar refractivity (Wildman–Crippen MR) is 76.5 cm³/mol. The minimum atomic E-state index is -2.88. The summed E-state index contributed by atoms with van der Waals surface area (Å²) in [5.74, 6) is 0.504. The fourth-order valence-corrected chi connectivity index (χ4v) is 3.16. The van der Waals surface area contributed by atoms with Crippen LogP contribution >= 0.6 is 0 Å². The third-order valence-electron chi connectivity index (χ3n) is 2.92. The Hall–Kier alpha value is -0.870. The first-order chi connectivity index (χ1) is 8.44. The van der Waals surface area contributed by atoms with Crippen molar-refractivity contribution in [1.82, 2.24) is 5.32 Å². The summed E-state index contributed by atoms with van der Waals surface area (Å²) in [5, 5.41) is 3.26. The van der Waals surface area contributed by atoms with E-state index in [1.807, 2.05) is 13.0 Å². The van der Waals surface area contributed by atoms with E-state index in [0.717, 1.165) is 0 Å². The second-order valence-electron chi connectivity index (χ2n) is 4.74. The van der Waals surface area contributed by atoms with E-state index >= 15 is 0 Å². The number of hydrogen-bond acceptors (Lipinski definition) is 3. The van der Waals surface area contributed by atoms with Crippen LogP contribution in [0.2, 0.25) is 0 Å². The lowest BCUT2D eigenvalue weighted by atomic mass is 10.1. The molecule has 3 nitrogen and oxygen atoms in total. The molecule has 0 unspecified atom stereocenters. The Kier molecular flexibility index (Phi) is 5.82. The van der Waals surface area contributed by atoms with Gasteiger partial charge in [0, 0.05) is 18.3 Å². The van der Waals surface area contributed by atoms with Gasteiger partial charge in [-0.05, 0) is 25.8 Å². The van der Waals surface area contributed by atoms with Crippen molar-refractivity contribution in [2.24, 2.45) is 0 Å². The quantitative estimate of drug-likeness (QED) is 0.827. The number of aryl methyl sites for hydroxylation is 1. The Labute approximate surface area is 111 Å². The van der Waals surface area contributed by atoms with Crippen LogP contribution in [0.4, 0.5) is 0 Å². The first-order valence-electron chi connectivity index (χ1n) is 6.45. The molecule has 0 aliphatic heterocycles. The molecule has 0 spiro atoms. The molecule has 1 aromatic carbocycles. The zero-order chi connectivity index (χ0) is 13.6. The minimum absolute atomic E-state index is 0.182. The standard InChI is InChI=1S/C14H23NO2S/c1-4-9-18(16,17)10-8-15-13(3)14-7-5-6-12(2)11-14/h5-7,11,13,15H,4,8-10H2,1-3H3/t13-/m0/s1. The van der Waals surface area contributed by atoms with Gasteiger partial charge in [-0.2, -0.15) is 0 Å². The largest absolute Gasteiger partial charge is 0.309 e. The van der Waals surface area contributed by atoms with Gasteiger partial charge in [0.2, 0.25) is 0 Å². The highest BCUT2D eigenvalue weighted by Gasteiger charge is 2.10. The van der Waals surface area contributed by atoms with Crippen LogP contribution in [0.1, 0.15) is 37.4 Å². The first-order valence-corrected chi connectivity index (χ1v) is 8.27. The number of sulfone groups is 1. The summed E-state index contributed by atoms with van der Waals surface area (Å²) in [4.78, 5) is 0. The molecule has 1 N–H and O–H groups in total. The van der Waals surface area contributed by atoms with Crippen molar-refractivity contribution in [3.63, 3.8) is 0 Å². The summed E-state index contributed by atoms with van der Waals surface area (Å²) >= 11 is 0. The first kappa shape index (κ1) is 15.2. The van der Waals surface area contributed by atoms with Gasteiger partial charge in [0.1, 0.15) is 0 Å². The van der Waals surface area contributed by atoms with Crippen LogP contribution in [0, 0.1) is 6.92 Å². The molecule has 0 radical (unpaired) electrons. The summed E-state index contributed by atoms with van der Waals surface area (Å²) in [7, 11) is -2.88. The van der Waals surface area contributed by atoms with Gasteiger partial charge in [0.15, 0.2) is 9.84 Å². The van der Waals surface area contributed by atoms with Gasteiger partial charge >= 0.3 is 0 Å². The molecule has 4 heteroatoms. The van der Waals surface area contributed by atoms with Crippen LogP contribution in [0.15, 0.2) is 24.3 Å². The predicted octanol–water partition coefficient (Wildman–Crippen LogP) is 2.47. The average Bonchev–Trinajstić information content (AvgIpc) is 2.28. The molecule has 18 heavy (non-hydrogen) atoms. The second-order valence-corrected chi connectivity index (χ2v) is 7.05.